The Kier molecular flexibility index (Phi) is 9.88. The lowest BCUT2D eigenvalue weighted by atomic mass is 10.4. The first kappa shape index (κ1) is 13.3. The zero-order valence-electron chi connectivity index (χ0n) is 8.36. The van der Waals surface area contributed by atoms with Crippen molar-refractivity contribution in [2.75, 3.05) is 33.6 Å². The molecule has 0 spiro atoms. The Morgan fingerprint density at radius 1 is 1.07 bits per heavy atom. The Morgan fingerprint density at radius 3 is 2.21 bits per heavy atom. The van der Waals surface area contributed by atoms with Gasteiger partial charge in [0.2, 0.25) is 5.91 Å². The van der Waals surface area contributed by atoms with Crippen molar-refractivity contribution < 1.29 is 23.7 Å². The van der Waals surface area contributed by atoms with Crippen LogP contribution in [0.4, 0.5) is 0 Å². The van der Waals surface area contributed by atoms with Crippen LogP contribution in [0.2, 0.25) is 0 Å². The zero-order chi connectivity index (χ0) is 10.6. The maximum Gasteiger partial charge on any atom is 0.219 e. The molecule has 6 nitrogen and oxygen atoms in total. The molecule has 1 amide bonds. The van der Waals surface area contributed by atoms with Gasteiger partial charge in [0, 0.05) is 13.0 Å². The molecular formula is C8H17NO5. The molecule has 0 aromatic rings. The summed E-state index contributed by atoms with van der Waals surface area (Å²) in [5.74, 6) is -0.391. The Bertz CT molecular complexity index is 142. The number of carbonyl (C=O) groups is 1. The molecule has 0 fully saturated rings. The van der Waals surface area contributed by atoms with Crippen molar-refractivity contribution in [1.82, 2.24) is 0 Å². The van der Waals surface area contributed by atoms with Crippen molar-refractivity contribution >= 4 is 5.91 Å². The molecule has 0 radical (unpaired) electrons. The molecule has 0 heterocycles. The van der Waals surface area contributed by atoms with E-state index in [0.717, 1.165) is 0 Å². The standard InChI is InChI=1S/C8H17NO5/c1-2-11-5-13-7-14-6-12-4-3-8(9)10/h2-7H2,1H3,(H2,9,10). The van der Waals surface area contributed by atoms with Crippen LogP contribution in [0.3, 0.4) is 0 Å². The lowest BCUT2D eigenvalue weighted by Gasteiger charge is -2.05. The molecule has 0 rings (SSSR count). The predicted octanol–water partition coefficient (Wildman–Crippen LogP) is -0.179. The molecule has 84 valence electrons. The SMILES string of the molecule is CCOCOCOCOCCC(N)=O. The largest absolute Gasteiger partial charge is 0.370 e. The molecule has 0 atom stereocenters. The molecule has 0 saturated heterocycles. The number of hydrogen-bond donors (Lipinski definition) is 1. The van der Waals surface area contributed by atoms with Crippen molar-refractivity contribution in [3.63, 3.8) is 0 Å². The lowest BCUT2D eigenvalue weighted by Crippen LogP contribution is -2.14. The Balaban J connectivity index is 2.88. The quantitative estimate of drug-likeness (QED) is 0.397. The summed E-state index contributed by atoms with van der Waals surface area (Å²) in [6.45, 7) is 3.14. The van der Waals surface area contributed by atoms with E-state index in [-0.39, 0.29) is 33.4 Å². The minimum absolute atomic E-state index is 0.0827. The number of hydrogen-bond acceptors (Lipinski definition) is 5. The minimum atomic E-state index is -0.391. The van der Waals surface area contributed by atoms with Gasteiger partial charge < -0.3 is 24.7 Å². The normalized spacial score (nSPS) is 10.4. The summed E-state index contributed by atoms with van der Waals surface area (Å²) in [5, 5.41) is 0. The average Bonchev–Trinajstić information content (AvgIpc) is 2.15. The highest BCUT2D eigenvalue weighted by atomic mass is 16.8. The highest BCUT2D eigenvalue weighted by Gasteiger charge is 1.93. The van der Waals surface area contributed by atoms with Crippen molar-refractivity contribution in [2.45, 2.75) is 13.3 Å². The summed E-state index contributed by atoms with van der Waals surface area (Å²) in [4.78, 5) is 10.3. The molecule has 0 aliphatic heterocycles. The summed E-state index contributed by atoms with van der Waals surface area (Å²) in [7, 11) is 0. The third-order valence-electron chi connectivity index (χ3n) is 1.20. The van der Waals surface area contributed by atoms with Crippen molar-refractivity contribution in [3.8, 4) is 0 Å². The maximum atomic E-state index is 10.3. The van der Waals surface area contributed by atoms with Gasteiger partial charge in [-0.25, -0.2) is 0 Å². The number of rotatable bonds is 10. The van der Waals surface area contributed by atoms with E-state index < -0.39 is 5.91 Å². The van der Waals surface area contributed by atoms with Crippen LogP contribution < -0.4 is 5.73 Å². The van der Waals surface area contributed by atoms with Gasteiger partial charge in [0.25, 0.3) is 0 Å². The highest BCUT2D eigenvalue weighted by Crippen LogP contribution is 1.84. The van der Waals surface area contributed by atoms with Crippen LogP contribution in [0.15, 0.2) is 0 Å². The third kappa shape index (κ3) is 11.3. The van der Waals surface area contributed by atoms with Crippen molar-refractivity contribution in [3.05, 3.63) is 0 Å². The molecule has 6 heteroatoms. The topological polar surface area (TPSA) is 80.0 Å². The van der Waals surface area contributed by atoms with Crippen LogP contribution >= 0.6 is 0 Å². The van der Waals surface area contributed by atoms with Gasteiger partial charge in [-0.1, -0.05) is 0 Å². The first-order valence-electron chi connectivity index (χ1n) is 4.36. The molecule has 0 aliphatic rings. The molecule has 2 N–H and O–H groups in total. The highest BCUT2D eigenvalue weighted by molar-refractivity contribution is 5.73. The molecular weight excluding hydrogens is 190 g/mol. The fourth-order valence-electron chi connectivity index (χ4n) is 0.560. The van der Waals surface area contributed by atoms with Gasteiger partial charge in [-0.2, -0.15) is 0 Å². The Hall–Kier alpha value is -0.690. The van der Waals surface area contributed by atoms with Crippen LogP contribution in [-0.4, -0.2) is 39.5 Å². The van der Waals surface area contributed by atoms with E-state index in [2.05, 4.69) is 0 Å². The Morgan fingerprint density at radius 2 is 1.64 bits per heavy atom. The van der Waals surface area contributed by atoms with E-state index >= 15 is 0 Å². The van der Waals surface area contributed by atoms with Gasteiger partial charge >= 0.3 is 0 Å². The summed E-state index contributed by atoms with van der Waals surface area (Å²) in [5.41, 5.74) is 4.89. The molecule has 0 aliphatic carbocycles. The monoisotopic (exact) mass is 207 g/mol. The van der Waals surface area contributed by atoms with Crippen LogP contribution in [0, 0.1) is 0 Å². The first-order chi connectivity index (χ1) is 6.77. The van der Waals surface area contributed by atoms with E-state index in [9.17, 15) is 4.79 Å². The van der Waals surface area contributed by atoms with Gasteiger partial charge in [0.15, 0.2) is 6.79 Å². The molecule has 0 unspecified atom stereocenters. The predicted molar refractivity (Wildman–Crippen MR) is 48.2 cm³/mol. The summed E-state index contributed by atoms with van der Waals surface area (Å²) in [6.07, 6.45) is 0.198. The van der Waals surface area contributed by atoms with Gasteiger partial charge in [0.1, 0.15) is 13.6 Å². The summed E-state index contributed by atoms with van der Waals surface area (Å²) in [6, 6.07) is 0. The van der Waals surface area contributed by atoms with E-state index in [4.69, 9.17) is 24.7 Å². The van der Waals surface area contributed by atoms with Crippen molar-refractivity contribution in [2.24, 2.45) is 5.73 Å². The molecule has 14 heavy (non-hydrogen) atoms. The van der Waals surface area contributed by atoms with Gasteiger partial charge in [0.05, 0.1) is 6.61 Å². The summed E-state index contributed by atoms with van der Waals surface area (Å²) < 4.78 is 19.6. The second-order valence-electron chi connectivity index (χ2n) is 2.38. The van der Waals surface area contributed by atoms with Crippen LogP contribution in [0.25, 0.3) is 0 Å². The summed E-state index contributed by atoms with van der Waals surface area (Å²) >= 11 is 0. The van der Waals surface area contributed by atoms with Crippen LogP contribution in [0.1, 0.15) is 13.3 Å². The fourth-order valence-corrected chi connectivity index (χ4v) is 0.560. The second-order valence-corrected chi connectivity index (χ2v) is 2.38. The number of amides is 1. The molecule has 0 aromatic heterocycles. The van der Waals surface area contributed by atoms with Crippen LogP contribution in [0.5, 0.6) is 0 Å². The number of ether oxygens (including phenoxy) is 4. The molecule has 0 aromatic carbocycles. The van der Waals surface area contributed by atoms with Gasteiger partial charge in [-0.3, -0.25) is 4.79 Å². The minimum Gasteiger partial charge on any atom is -0.370 e. The fraction of sp³-hybridized carbons (Fsp3) is 0.875. The number of primary amides is 1. The number of carbonyl (C=O) groups excluding carboxylic acids is 1. The average molecular weight is 207 g/mol. The third-order valence-corrected chi connectivity index (χ3v) is 1.20. The van der Waals surface area contributed by atoms with E-state index in [1.807, 2.05) is 6.92 Å². The second kappa shape index (κ2) is 10.4. The Labute approximate surface area is 83.2 Å². The maximum absolute atomic E-state index is 10.3. The zero-order valence-corrected chi connectivity index (χ0v) is 8.36. The lowest BCUT2D eigenvalue weighted by molar-refractivity contribution is -0.169. The van der Waals surface area contributed by atoms with Gasteiger partial charge in [-0.15, -0.1) is 0 Å². The van der Waals surface area contributed by atoms with E-state index in [0.29, 0.717) is 6.61 Å². The first-order valence-corrected chi connectivity index (χ1v) is 4.36. The molecule has 0 saturated carbocycles. The van der Waals surface area contributed by atoms with E-state index in [1.165, 1.54) is 0 Å². The smallest absolute Gasteiger partial charge is 0.219 e. The van der Waals surface area contributed by atoms with Crippen molar-refractivity contribution in [1.29, 1.82) is 0 Å². The van der Waals surface area contributed by atoms with E-state index in [1.54, 1.807) is 0 Å². The molecule has 0 bridgehead atoms. The van der Waals surface area contributed by atoms with Gasteiger partial charge in [-0.05, 0) is 6.92 Å². The number of nitrogens with two attached hydrogens (primary N) is 1. The van der Waals surface area contributed by atoms with Crippen LogP contribution in [-0.2, 0) is 23.7 Å².